The van der Waals surface area contributed by atoms with E-state index >= 15 is 0 Å². The minimum Gasteiger partial charge on any atom is -0.385 e. The molecule has 0 bridgehead atoms. The molecule has 1 aliphatic heterocycles. The molecule has 20 heavy (non-hydrogen) atoms. The summed E-state index contributed by atoms with van der Waals surface area (Å²) in [5, 5.41) is 11.8. The van der Waals surface area contributed by atoms with E-state index < -0.39 is 5.56 Å². The van der Waals surface area contributed by atoms with Gasteiger partial charge in [0.05, 0.1) is 6.42 Å². The van der Waals surface area contributed by atoms with Gasteiger partial charge in [-0.1, -0.05) is 6.07 Å². The molecule has 2 aromatic rings. The lowest BCUT2D eigenvalue weighted by atomic mass is 9.99. The zero-order chi connectivity index (χ0) is 14.3. The van der Waals surface area contributed by atoms with Crippen molar-refractivity contribution >= 4 is 17.4 Å². The van der Waals surface area contributed by atoms with E-state index in [9.17, 15) is 9.59 Å². The molecule has 2 heterocycles. The molecular weight excluding hydrogens is 256 g/mol. The number of aromatic nitrogens is 1. The number of aromatic amines is 1. The minimum absolute atomic E-state index is 0.0106. The van der Waals surface area contributed by atoms with Crippen LogP contribution >= 0.6 is 0 Å². The highest BCUT2D eigenvalue weighted by Crippen LogP contribution is 2.30. The van der Waals surface area contributed by atoms with Gasteiger partial charge in [-0.3, -0.25) is 9.59 Å². The zero-order valence-electron chi connectivity index (χ0n) is 10.4. The van der Waals surface area contributed by atoms with Crippen LogP contribution in [0.3, 0.4) is 0 Å². The average Bonchev–Trinajstić information content (AvgIpc) is 2.76. The van der Waals surface area contributed by atoms with Gasteiger partial charge < -0.3 is 16.0 Å². The van der Waals surface area contributed by atoms with Gasteiger partial charge in [-0.05, 0) is 29.3 Å². The fraction of sp³-hybridized carbons (Fsp3) is 0.0714. The summed E-state index contributed by atoms with van der Waals surface area (Å²) >= 11 is 0. The molecule has 6 nitrogen and oxygen atoms in total. The number of rotatable bonds is 1. The number of pyridine rings is 1. The van der Waals surface area contributed by atoms with Crippen LogP contribution < -0.4 is 16.6 Å². The molecule has 0 atom stereocenters. The third kappa shape index (κ3) is 1.82. The Kier molecular flexibility index (Phi) is 2.54. The SMILES string of the molecule is N#Cc1c(-c2ccc3c(c2)CC(=O)N3)cc(N)[nH]c1=O. The first-order valence-electron chi connectivity index (χ1n) is 5.94. The molecule has 0 spiro atoms. The normalized spacial score (nSPS) is 12.7. The van der Waals surface area contributed by atoms with Gasteiger partial charge in [-0.15, -0.1) is 0 Å². The van der Waals surface area contributed by atoms with Crippen molar-refractivity contribution in [2.45, 2.75) is 6.42 Å². The first kappa shape index (κ1) is 12.0. The zero-order valence-corrected chi connectivity index (χ0v) is 10.4. The lowest BCUT2D eigenvalue weighted by molar-refractivity contribution is -0.115. The maximum Gasteiger partial charge on any atom is 0.268 e. The van der Waals surface area contributed by atoms with E-state index in [2.05, 4.69) is 10.3 Å². The number of nitrogens with zero attached hydrogens (tertiary/aromatic N) is 1. The van der Waals surface area contributed by atoms with Gasteiger partial charge in [0.2, 0.25) is 5.91 Å². The molecule has 1 aromatic heterocycles. The van der Waals surface area contributed by atoms with Crippen LogP contribution in [0.15, 0.2) is 29.1 Å². The Labute approximate surface area is 113 Å². The Hall–Kier alpha value is -3.07. The highest BCUT2D eigenvalue weighted by atomic mass is 16.1. The van der Waals surface area contributed by atoms with E-state index in [4.69, 9.17) is 11.0 Å². The number of H-pyrrole nitrogens is 1. The first-order chi connectivity index (χ1) is 9.58. The highest BCUT2D eigenvalue weighted by Gasteiger charge is 2.19. The van der Waals surface area contributed by atoms with Crippen LogP contribution in [0.1, 0.15) is 11.1 Å². The van der Waals surface area contributed by atoms with E-state index in [1.807, 2.05) is 6.07 Å². The van der Waals surface area contributed by atoms with E-state index in [0.29, 0.717) is 17.5 Å². The second-order valence-corrected chi connectivity index (χ2v) is 4.55. The van der Waals surface area contributed by atoms with Gasteiger partial charge in [-0.25, -0.2) is 0 Å². The monoisotopic (exact) mass is 266 g/mol. The smallest absolute Gasteiger partial charge is 0.268 e. The molecule has 0 aliphatic carbocycles. The fourth-order valence-electron chi connectivity index (χ4n) is 2.32. The molecule has 1 aliphatic rings. The molecule has 0 saturated heterocycles. The van der Waals surface area contributed by atoms with E-state index in [1.54, 1.807) is 24.3 Å². The molecule has 0 saturated carbocycles. The van der Waals surface area contributed by atoms with Gasteiger partial charge in [0.15, 0.2) is 0 Å². The summed E-state index contributed by atoms with van der Waals surface area (Å²) in [7, 11) is 0. The Bertz CT molecular complexity index is 830. The van der Waals surface area contributed by atoms with Gasteiger partial charge in [0.25, 0.3) is 5.56 Å². The number of nitrogens with one attached hydrogen (secondary N) is 2. The maximum atomic E-state index is 11.7. The standard InChI is InChI=1S/C14H10N4O2/c15-6-10-9(5-12(16)18-14(10)20)7-1-2-11-8(3-7)4-13(19)17-11/h1-3,5H,4H2,(H,17,19)(H3,16,18,20). The van der Waals surface area contributed by atoms with E-state index in [1.165, 1.54) is 0 Å². The summed E-state index contributed by atoms with van der Waals surface area (Å²) in [5.41, 5.74) is 7.88. The van der Waals surface area contributed by atoms with Crippen molar-refractivity contribution in [3.8, 4) is 17.2 Å². The predicted molar refractivity (Wildman–Crippen MR) is 74.0 cm³/mol. The van der Waals surface area contributed by atoms with Crippen molar-refractivity contribution in [1.82, 2.24) is 4.98 Å². The number of amides is 1. The molecule has 1 amide bonds. The number of carbonyl (C=O) groups is 1. The maximum absolute atomic E-state index is 11.7. The van der Waals surface area contributed by atoms with Gasteiger partial charge in [-0.2, -0.15) is 5.26 Å². The summed E-state index contributed by atoms with van der Waals surface area (Å²) in [6.45, 7) is 0. The van der Waals surface area contributed by atoms with Gasteiger partial charge in [0.1, 0.15) is 17.5 Å². The number of nitriles is 1. The van der Waals surface area contributed by atoms with Crippen LogP contribution in [0.4, 0.5) is 11.5 Å². The lowest BCUT2D eigenvalue weighted by Gasteiger charge is -2.07. The van der Waals surface area contributed by atoms with Crippen molar-refractivity contribution in [3.05, 3.63) is 45.7 Å². The number of anilines is 2. The minimum atomic E-state index is -0.516. The lowest BCUT2D eigenvalue weighted by Crippen LogP contribution is -2.13. The summed E-state index contributed by atoms with van der Waals surface area (Å²) < 4.78 is 0. The second-order valence-electron chi connectivity index (χ2n) is 4.55. The summed E-state index contributed by atoms with van der Waals surface area (Å²) in [5.74, 6) is 0.127. The molecule has 0 unspecified atom stereocenters. The van der Waals surface area contributed by atoms with E-state index in [-0.39, 0.29) is 17.3 Å². The van der Waals surface area contributed by atoms with Crippen molar-refractivity contribution < 1.29 is 4.79 Å². The molecule has 0 fully saturated rings. The fourth-order valence-corrected chi connectivity index (χ4v) is 2.32. The molecule has 4 N–H and O–H groups in total. The number of carbonyl (C=O) groups excluding carboxylic acids is 1. The molecule has 6 heteroatoms. The number of nitrogens with two attached hydrogens (primary N) is 1. The molecule has 3 rings (SSSR count). The molecular formula is C14H10N4O2. The van der Waals surface area contributed by atoms with Gasteiger partial charge >= 0.3 is 0 Å². The number of hydrogen-bond donors (Lipinski definition) is 3. The Morgan fingerprint density at radius 2 is 2.05 bits per heavy atom. The Morgan fingerprint density at radius 3 is 2.80 bits per heavy atom. The number of benzene rings is 1. The van der Waals surface area contributed by atoms with Crippen LogP contribution in [-0.4, -0.2) is 10.9 Å². The number of fused-ring (bicyclic) bond motifs is 1. The highest BCUT2D eigenvalue weighted by molar-refractivity contribution is 5.99. The predicted octanol–water partition coefficient (Wildman–Crippen LogP) is 0.990. The first-order valence-corrected chi connectivity index (χ1v) is 5.94. The van der Waals surface area contributed by atoms with Crippen LogP contribution in [0.5, 0.6) is 0 Å². The van der Waals surface area contributed by atoms with Crippen LogP contribution in [0.25, 0.3) is 11.1 Å². The number of hydrogen-bond acceptors (Lipinski definition) is 4. The van der Waals surface area contributed by atoms with Crippen LogP contribution in [0.2, 0.25) is 0 Å². The van der Waals surface area contributed by atoms with Crippen molar-refractivity contribution in [2.75, 3.05) is 11.1 Å². The quantitative estimate of drug-likeness (QED) is 0.714. The summed E-state index contributed by atoms with van der Waals surface area (Å²) in [6, 6.07) is 8.73. The van der Waals surface area contributed by atoms with Crippen LogP contribution in [-0.2, 0) is 11.2 Å². The summed E-state index contributed by atoms with van der Waals surface area (Å²) in [6.07, 6.45) is 0.295. The molecule has 1 aromatic carbocycles. The Morgan fingerprint density at radius 1 is 1.25 bits per heavy atom. The molecule has 98 valence electrons. The Balaban J connectivity index is 2.21. The average molecular weight is 266 g/mol. The van der Waals surface area contributed by atoms with Crippen molar-refractivity contribution in [3.63, 3.8) is 0 Å². The largest absolute Gasteiger partial charge is 0.385 e. The van der Waals surface area contributed by atoms with E-state index in [0.717, 1.165) is 11.3 Å². The second kappa shape index (κ2) is 4.24. The van der Waals surface area contributed by atoms with Crippen LogP contribution in [0, 0.1) is 11.3 Å². The van der Waals surface area contributed by atoms with Crippen molar-refractivity contribution in [1.29, 1.82) is 5.26 Å². The third-order valence-corrected chi connectivity index (χ3v) is 3.21. The van der Waals surface area contributed by atoms with Gasteiger partial charge in [0, 0.05) is 11.3 Å². The third-order valence-electron chi connectivity index (χ3n) is 3.21. The molecule has 0 radical (unpaired) electrons. The number of nitrogen functional groups attached to an aromatic ring is 1. The summed E-state index contributed by atoms with van der Waals surface area (Å²) in [4.78, 5) is 25.5. The topological polar surface area (TPSA) is 112 Å². The van der Waals surface area contributed by atoms with Crippen molar-refractivity contribution in [2.24, 2.45) is 0 Å².